The zero-order valence-corrected chi connectivity index (χ0v) is 11.4. The highest BCUT2D eigenvalue weighted by Gasteiger charge is 2.25. The Morgan fingerprint density at radius 2 is 2.21 bits per heavy atom. The molecule has 104 valence electrons. The van der Waals surface area contributed by atoms with Crippen LogP contribution >= 0.6 is 0 Å². The number of benzene rings is 1. The molecule has 5 nitrogen and oxygen atoms in total. The molecule has 5 heteroatoms. The third kappa shape index (κ3) is 3.53. The van der Waals surface area contributed by atoms with Crippen LogP contribution in [0.4, 0.5) is 4.79 Å². The smallest absolute Gasteiger partial charge is 0.408 e. The van der Waals surface area contributed by atoms with E-state index in [2.05, 4.69) is 5.32 Å². The highest BCUT2D eigenvalue weighted by Crippen LogP contribution is 2.31. The quantitative estimate of drug-likeness (QED) is 0.817. The van der Waals surface area contributed by atoms with Gasteiger partial charge in [-0.1, -0.05) is 6.07 Å². The second-order valence-corrected chi connectivity index (χ2v) is 5.61. The Balaban J connectivity index is 1.99. The largest absolute Gasteiger partial charge is 0.508 e. The van der Waals surface area contributed by atoms with E-state index < -0.39 is 11.7 Å². The van der Waals surface area contributed by atoms with E-state index in [9.17, 15) is 9.90 Å². The molecule has 0 bridgehead atoms. The zero-order chi connectivity index (χ0) is 14.0. The molecule has 1 amide bonds. The minimum absolute atomic E-state index is 0.188. The van der Waals surface area contributed by atoms with Crippen LogP contribution in [0.1, 0.15) is 26.3 Å². The van der Waals surface area contributed by atoms with Gasteiger partial charge in [-0.15, -0.1) is 0 Å². The minimum Gasteiger partial charge on any atom is -0.508 e. The lowest BCUT2D eigenvalue weighted by Crippen LogP contribution is -2.44. The van der Waals surface area contributed by atoms with Crippen molar-refractivity contribution >= 4 is 6.09 Å². The van der Waals surface area contributed by atoms with E-state index in [-0.39, 0.29) is 11.8 Å². The van der Waals surface area contributed by atoms with Gasteiger partial charge in [0.25, 0.3) is 0 Å². The number of hydrogen-bond acceptors (Lipinski definition) is 4. The second-order valence-electron chi connectivity index (χ2n) is 5.61. The first-order chi connectivity index (χ1) is 8.85. The third-order valence-electron chi connectivity index (χ3n) is 2.72. The van der Waals surface area contributed by atoms with Crippen LogP contribution in [0.3, 0.4) is 0 Å². The molecule has 1 aliphatic rings. The minimum atomic E-state index is -0.528. The van der Waals surface area contributed by atoms with Crippen molar-refractivity contribution in [3.8, 4) is 11.5 Å². The van der Waals surface area contributed by atoms with Crippen LogP contribution < -0.4 is 10.1 Å². The first-order valence-electron chi connectivity index (χ1n) is 6.28. The number of carbonyl (C=O) groups is 1. The normalized spacial score (nSPS) is 18.2. The molecule has 0 radical (unpaired) electrons. The summed E-state index contributed by atoms with van der Waals surface area (Å²) in [5.41, 5.74) is 0.189. The summed E-state index contributed by atoms with van der Waals surface area (Å²) in [7, 11) is 0. The van der Waals surface area contributed by atoms with Gasteiger partial charge >= 0.3 is 6.09 Å². The highest BCUT2D eigenvalue weighted by atomic mass is 16.6. The molecule has 0 aliphatic carbocycles. The number of rotatable bonds is 1. The van der Waals surface area contributed by atoms with E-state index in [0.717, 1.165) is 5.56 Å². The maximum Gasteiger partial charge on any atom is 0.408 e. The molecule has 1 heterocycles. The molecule has 0 spiro atoms. The molecule has 0 aromatic heterocycles. The van der Waals surface area contributed by atoms with Crippen molar-refractivity contribution < 1.29 is 19.4 Å². The van der Waals surface area contributed by atoms with Gasteiger partial charge in [-0.2, -0.15) is 0 Å². The Morgan fingerprint density at radius 1 is 1.47 bits per heavy atom. The van der Waals surface area contributed by atoms with Crippen molar-refractivity contribution in [1.82, 2.24) is 5.32 Å². The second kappa shape index (κ2) is 4.99. The summed E-state index contributed by atoms with van der Waals surface area (Å²) in [6.07, 6.45) is 0.0568. The van der Waals surface area contributed by atoms with Gasteiger partial charge in [-0.25, -0.2) is 4.79 Å². The van der Waals surface area contributed by atoms with Crippen molar-refractivity contribution in [1.29, 1.82) is 0 Å². The Bertz CT molecular complexity index is 479. The fraction of sp³-hybridized carbons (Fsp3) is 0.500. The highest BCUT2D eigenvalue weighted by molar-refractivity contribution is 5.68. The van der Waals surface area contributed by atoms with Crippen LogP contribution in [0.2, 0.25) is 0 Å². The summed E-state index contributed by atoms with van der Waals surface area (Å²) in [5, 5.41) is 12.5. The molecule has 1 aromatic carbocycles. The van der Waals surface area contributed by atoms with Gasteiger partial charge in [0.05, 0.1) is 6.04 Å². The number of phenolic OH excluding ortho intramolecular Hbond substituents is 1. The predicted octanol–water partition coefficient (Wildman–Crippen LogP) is 2.22. The fourth-order valence-electron chi connectivity index (χ4n) is 1.96. The number of nitrogens with one attached hydrogen (secondary N) is 1. The Labute approximate surface area is 112 Å². The van der Waals surface area contributed by atoms with Crippen molar-refractivity contribution in [3.63, 3.8) is 0 Å². The van der Waals surface area contributed by atoms with Crippen molar-refractivity contribution in [2.75, 3.05) is 6.61 Å². The fourth-order valence-corrected chi connectivity index (χ4v) is 1.96. The monoisotopic (exact) mass is 265 g/mol. The molecular formula is C14H19NO4. The number of carbonyl (C=O) groups excluding carboxylic acids is 1. The van der Waals surface area contributed by atoms with Gasteiger partial charge in [-0.3, -0.25) is 0 Å². The molecule has 19 heavy (non-hydrogen) atoms. The molecule has 2 rings (SSSR count). The first kappa shape index (κ1) is 13.5. The SMILES string of the molecule is CC(C)(C)OC(=O)NC1COc2cccc(O)c2C1. The van der Waals surface area contributed by atoms with E-state index in [1.165, 1.54) is 0 Å². The lowest BCUT2D eigenvalue weighted by molar-refractivity contribution is 0.0481. The van der Waals surface area contributed by atoms with E-state index in [1.807, 2.05) is 20.8 Å². The van der Waals surface area contributed by atoms with Gasteiger partial charge in [0.2, 0.25) is 0 Å². The number of fused-ring (bicyclic) bond motifs is 1. The summed E-state index contributed by atoms with van der Waals surface area (Å²) in [6, 6.07) is 4.95. The van der Waals surface area contributed by atoms with E-state index in [1.54, 1.807) is 18.2 Å². The zero-order valence-electron chi connectivity index (χ0n) is 11.4. The van der Waals surface area contributed by atoms with Crippen molar-refractivity contribution in [2.24, 2.45) is 0 Å². The van der Waals surface area contributed by atoms with E-state index in [4.69, 9.17) is 9.47 Å². The van der Waals surface area contributed by atoms with Crippen molar-refractivity contribution in [3.05, 3.63) is 23.8 Å². The average molecular weight is 265 g/mol. The molecule has 0 saturated heterocycles. The van der Waals surface area contributed by atoms with Gasteiger partial charge < -0.3 is 19.9 Å². The molecule has 1 aromatic rings. The summed E-state index contributed by atoms with van der Waals surface area (Å²) >= 11 is 0. The van der Waals surface area contributed by atoms with Crippen LogP contribution in [0.25, 0.3) is 0 Å². The maximum absolute atomic E-state index is 11.7. The Hall–Kier alpha value is -1.91. The molecule has 0 fully saturated rings. The number of amides is 1. The van der Waals surface area contributed by atoms with Gasteiger partial charge in [-0.05, 0) is 32.9 Å². The Kier molecular flexibility index (Phi) is 3.55. The number of phenols is 1. The van der Waals surface area contributed by atoms with Gasteiger partial charge in [0.15, 0.2) is 0 Å². The van der Waals surface area contributed by atoms with Crippen molar-refractivity contribution in [2.45, 2.75) is 38.8 Å². The van der Waals surface area contributed by atoms with Gasteiger partial charge in [0.1, 0.15) is 23.7 Å². The third-order valence-corrected chi connectivity index (χ3v) is 2.72. The molecule has 0 saturated carbocycles. The summed E-state index contributed by atoms with van der Waals surface area (Å²) in [5.74, 6) is 0.857. The molecule has 2 N–H and O–H groups in total. The number of hydrogen-bond donors (Lipinski definition) is 2. The summed E-state index contributed by atoms with van der Waals surface area (Å²) in [4.78, 5) is 11.7. The van der Waals surface area contributed by atoms with Crippen LogP contribution in [-0.4, -0.2) is 29.4 Å². The lowest BCUT2D eigenvalue weighted by Gasteiger charge is -2.28. The van der Waals surface area contributed by atoms with Gasteiger partial charge in [0, 0.05) is 12.0 Å². The predicted molar refractivity (Wildman–Crippen MR) is 70.5 cm³/mol. The molecule has 1 atom stereocenters. The molecular weight excluding hydrogens is 246 g/mol. The molecule has 1 aliphatic heterocycles. The number of ether oxygens (including phenoxy) is 2. The van der Waals surface area contributed by atoms with Crippen LogP contribution in [0.5, 0.6) is 11.5 Å². The first-order valence-corrected chi connectivity index (χ1v) is 6.28. The molecule has 1 unspecified atom stereocenters. The average Bonchev–Trinajstić information content (AvgIpc) is 2.27. The van der Waals surface area contributed by atoms with E-state index in [0.29, 0.717) is 18.8 Å². The summed E-state index contributed by atoms with van der Waals surface area (Å²) in [6.45, 7) is 5.80. The topological polar surface area (TPSA) is 67.8 Å². The standard InChI is InChI=1S/C14H19NO4/c1-14(2,3)19-13(17)15-9-7-10-11(16)5-4-6-12(10)18-8-9/h4-6,9,16H,7-8H2,1-3H3,(H,15,17). The van der Waals surface area contributed by atoms with Crippen LogP contribution in [0.15, 0.2) is 18.2 Å². The summed E-state index contributed by atoms with van der Waals surface area (Å²) < 4.78 is 10.7. The lowest BCUT2D eigenvalue weighted by atomic mass is 10.0. The maximum atomic E-state index is 11.7. The van der Waals surface area contributed by atoms with Crippen LogP contribution in [-0.2, 0) is 11.2 Å². The van der Waals surface area contributed by atoms with Crippen LogP contribution in [0, 0.1) is 0 Å². The number of aromatic hydroxyl groups is 1. The number of alkyl carbamates (subject to hydrolysis) is 1. The Morgan fingerprint density at radius 3 is 2.89 bits per heavy atom. The van der Waals surface area contributed by atoms with E-state index >= 15 is 0 Å².